The lowest BCUT2D eigenvalue weighted by Gasteiger charge is -2.27. The second kappa shape index (κ2) is 7.22. The molecule has 0 atom stereocenters. The van der Waals surface area contributed by atoms with Crippen molar-refractivity contribution in [2.45, 2.75) is 12.8 Å². The van der Waals surface area contributed by atoms with E-state index in [4.69, 9.17) is 4.74 Å². The van der Waals surface area contributed by atoms with E-state index in [0.29, 0.717) is 0 Å². The van der Waals surface area contributed by atoms with Crippen molar-refractivity contribution < 1.29 is 4.74 Å². The van der Waals surface area contributed by atoms with E-state index in [9.17, 15) is 0 Å². The summed E-state index contributed by atoms with van der Waals surface area (Å²) in [6.07, 6.45) is 2.77. The summed E-state index contributed by atoms with van der Waals surface area (Å²) in [4.78, 5) is 2.51. The molecule has 1 aliphatic heterocycles. The molecule has 16 heavy (non-hydrogen) atoms. The normalized spacial score (nSPS) is 22.5. The van der Waals surface area contributed by atoms with E-state index in [-0.39, 0.29) is 0 Å². The van der Waals surface area contributed by atoms with E-state index in [1.54, 1.807) is 0 Å². The van der Waals surface area contributed by atoms with Gasteiger partial charge in [-0.15, -0.1) is 0 Å². The third-order valence-electron chi connectivity index (χ3n) is 3.29. The highest BCUT2D eigenvalue weighted by atomic mass is 16.5. The zero-order chi connectivity index (χ0) is 11.1. The molecular weight excluding hydrogens is 202 g/mol. The summed E-state index contributed by atoms with van der Waals surface area (Å²) in [6.45, 7) is 9.79. The molecule has 0 amide bonds. The third-order valence-corrected chi connectivity index (χ3v) is 3.29. The molecule has 4 nitrogen and oxygen atoms in total. The van der Waals surface area contributed by atoms with Gasteiger partial charge in [-0.05, 0) is 18.8 Å². The fourth-order valence-electron chi connectivity index (χ4n) is 1.98. The second-order valence-electron chi connectivity index (χ2n) is 4.86. The molecule has 0 bridgehead atoms. The first-order valence-corrected chi connectivity index (χ1v) is 6.66. The molecule has 1 saturated carbocycles. The largest absolute Gasteiger partial charge is 0.380 e. The number of hydrogen-bond donors (Lipinski definition) is 2. The molecule has 0 aromatic rings. The molecule has 1 aliphatic carbocycles. The van der Waals surface area contributed by atoms with Gasteiger partial charge >= 0.3 is 0 Å². The lowest BCUT2D eigenvalue weighted by atomic mass is 10.3. The molecule has 0 aromatic carbocycles. The Labute approximate surface area is 98.7 Å². The van der Waals surface area contributed by atoms with Gasteiger partial charge in [0.25, 0.3) is 0 Å². The van der Waals surface area contributed by atoms with E-state index in [1.165, 1.54) is 32.5 Å². The molecule has 0 aromatic heterocycles. The van der Waals surface area contributed by atoms with Crippen LogP contribution >= 0.6 is 0 Å². The zero-order valence-electron chi connectivity index (χ0n) is 10.2. The maximum absolute atomic E-state index is 5.56. The monoisotopic (exact) mass is 227 g/mol. The summed E-state index contributed by atoms with van der Waals surface area (Å²) in [5.74, 6) is 0.890. The van der Waals surface area contributed by atoms with Gasteiger partial charge < -0.3 is 15.4 Å². The Morgan fingerprint density at radius 1 is 1.19 bits per heavy atom. The quantitative estimate of drug-likeness (QED) is 0.568. The molecule has 94 valence electrons. The molecule has 1 heterocycles. The second-order valence-corrected chi connectivity index (χ2v) is 4.86. The number of piperazine rings is 1. The van der Waals surface area contributed by atoms with Crippen molar-refractivity contribution in [3.8, 4) is 0 Å². The van der Waals surface area contributed by atoms with Crippen LogP contribution in [0.1, 0.15) is 12.8 Å². The highest BCUT2D eigenvalue weighted by Crippen LogP contribution is 2.28. The van der Waals surface area contributed by atoms with Crippen molar-refractivity contribution in [2.24, 2.45) is 5.92 Å². The van der Waals surface area contributed by atoms with E-state index >= 15 is 0 Å². The number of nitrogens with zero attached hydrogens (tertiary/aromatic N) is 1. The van der Waals surface area contributed by atoms with Crippen LogP contribution in [0, 0.1) is 5.92 Å². The highest BCUT2D eigenvalue weighted by Gasteiger charge is 2.20. The Morgan fingerprint density at radius 2 is 2.00 bits per heavy atom. The van der Waals surface area contributed by atoms with Crippen LogP contribution in [-0.4, -0.2) is 63.9 Å². The van der Waals surface area contributed by atoms with Gasteiger partial charge in [0, 0.05) is 52.4 Å². The number of rotatable bonds is 8. The lowest BCUT2D eigenvalue weighted by Crippen LogP contribution is -2.45. The first kappa shape index (κ1) is 12.3. The Hall–Kier alpha value is -0.160. The van der Waals surface area contributed by atoms with Crippen molar-refractivity contribution in [1.29, 1.82) is 0 Å². The minimum Gasteiger partial charge on any atom is -0.380 e. The van der Waals surface area contributed by atoms with Gasteiger partial charge in [-0.2, -0.15) is 0 Å². The standard InChI is InChI=1S/C12H25N3O/c1-2-12(1)11-16-10-6-14-5-9-15-7-3-13-4-8-15/h12-14H,1-11H2. The molecule has 2 rings (SSSR count). The van der Waals surface area contributed by atoms with Gasteiger partial charge in [0.15, 0.2) is 0 Å². The van der Waals surface area contributed by atoms with Gasteiger partial charge in [0.2, 0.25) is 0 Å². The first-order valence-electron chi connectivity index (χ1n) is 6.66. The molecule has 2 N–H and O–H groups in total. The van der Waals surface area contributed by atoms with E-state index in [2.05, 4.69) is 15.5 Å². The Balaban J connectivity index is 1.33. The Morgan fingerprint density at radius 3 is 2.75 bits per heavy atom. The maximum atomic E-state index is 5.56. The number of hydrogen-bond acceptors (Lipinski definition) is 4. The third kappa shape index (κ3) is 5.25. The van der Waals surface area contributed by atoms with Crippen LogP contribution in [0.15, 0.2) is 0 Å². The summed E-state index contributed by atoms with van der Waals surface area (Å²) in [6, 6.07) is 0. The number of ether oxygens (including phenoxy) is 1. The van der Waals surface area contributed by atoms with Crippen molar-refractivity contribution in [2.75, 3.05) is 59.0 Å². The van der Waals surface area contributed by atoms with Crippen LogP contribution in [0.5, 0.6) is 0 Å². The predicted molar refractivity (Wildman–Crippen MR) is 65.7 cm³/mol. The van der Waals surface area contributed by atoms with Gasteiger partial charge in [0.05, 0.1) is 6.61 Å². The van der Waals surface area contributed by atoms with E-state index < -0.39 is 0 Å². The average Bonchev–Trinajstić information content (AvgIpc) is 3.13. The lowest BCUT2D eigenvalue weighted by molar-refractivity contribution is 0.125. The molecule has 2 fully saturated rings. The maximum Gasteiger partial charge on any atom is 0.0591 e. The van der Waals surface area contributed by atoms with Gasteiger partial charge in [-0.1, -0.05) is 0 Å². The van der Waals surface area contributed by atoms with Crippen LogP contribution in [0.2, 0.25) is 0 Å². The SMILES string of the molecule is C(COCC1CC1)NCCN1CCNCC1. The zero-order valence-corrected chi connectivity index (χ0v) is 10.2. The van der Waals surface area contributed by atoms with Gasteiger partial charge in [0.1, 0.15) is 0 Å². The van der Waals surface area contributed by atoms with Crippen molar-refractivity contribution in [3.63, 3.8) is 0 Å². The molecule has 2 aliphatic rings. The summed E-state index contributed by atoms with van der Waals surface area (Å²) in [5, 5.41) is 6.81. The highest BCUT2D eigenvalue weighted by molar-refractivity contribution is 4.72. The smallest absolute Gasteiger partial charge is 0.0591 e. The van der Waals surface area contributed by atoms with E-state index in [0.717, 1.165) is 45.3 Å². The Kier molecular flexibility index (Phi) is 5.55. The predicted octanol–water partition coefficient (Wildman–Crippen LogP) is -0.0922. The topological polar surface area (TPSA) is 36.5 Å². The summed E-state index contributed by atoms with van der Waals surface area (Å²) in [7, 11) is 0. The van der Waals surface area contributed by atoms with Crippen LogP contribution < -0.4 is 10.6 Å². The minimum absolute atomic E-state index is 0.873. The van der Waals surface area contributed by atoms with E-state index in [1.807, 2.05) is 0 Å². The molecule has 4 heteroatoms. The fraction of sp³-hybridized carbons (Fsp3) is 1.00. The van der Waals surface area contributed by atoms with Gasteiger partial charge in [-0.25, -0.2) is 0 Å². The van der Waals surface area contributed by atoms with Crippen molar-refractivity contribution in [3.05, 3.63) is 0 Å². The first-order chi connectivity index (χ1) is 7.95. The fourth-order valence-corrected chi connectivity index (χ4v) is 1.98. The van der Waals surface area contributed by atoms with Crippen LogP contribution in [0.25, 0.3) is 0 Å². The average molecular weight is 227 g/mol. The van der Waals surface area contributed by atoms with Crippen molar-refractivity contribution in [1.82, 2.24) is 15.5 Å². The Bertz CT molecular complexity index is 179. The summed E-state index contributed by atoms with van der Waals surface area (Å²) in [5.41, 5.74) is 0. The van der Waals surface area contributed by atoms with Crippen LogP contribution in [0.3, 0.4) is 0 Å². The van der Waals surface area contributed by atoms with Crippen LogP contribution in [-0.2, 0) is 4.74 Å². The molecular formula is C12H25N3O. The summed E-state index contributed by atoms with van der Waals surface area (Å²) < 4.78 is 5.56. The van der Waals surface area contributed by atoms with Crippen molar-refractivity contribution >= 4 is 0 Å². The molecule has 1 saturated heterocycles. The van der Waals surface area contributed by atoms with Gasteiger partial charge in [-0.3, -0.25) is 4.90 Å². The number of nitrogens with one attached hydrogen (secondary N) is 2. The molecule has 0 unspecified atom stereocenters. The summed E-state index contributed by atoms with van der Waals surface area (Å²) >= 11 is 0. The molecule has 0 radical (unpaired) electrons. The van der Waals surface area contributed by atoms with Crippen LogP contribution in [0.4, 0.5) is 0 Å². The minimum atomic E-state index is 0.873. The molecule has 0 spiro atoms.